The zero-order chi connectivity index (χ0) is 18.5. The average Bonchev–Trinajstić information content (AvgIpc) is 2.63. The number of esters is 1. The number of hydrogen-bond donors (Lipinski definition) is 0. The van der Waals surface area contributed by atoms with E-state index in [1.54, 1.807) is 13.0 Å². The van der Waals surface area contributed by atoms with Crippen LogP contribution in [0.15, 0.2) is 46.9 Å². The Labute approximate surface area is 161 Å². The van der Waals surface area contributed by atoms with Crippen LogP contribution in [0.25, 0.3) is 0 Å². The number of hydrogen-bond acceptors (Lipinski definition) is 5. The van der Waals surface area contributed by atoms with Gasteiger partial charge in [-0.15, -0.1) is 0 Å². The maximum Gasteiger partial charge on any atom is 0.309 e. The Morgan fingerprint density at radius 2 is 2.12 bits per heavy atom. The number of carbonyl (C=O) groups excluding carboxylic acids is 2. The van der Waals surface area contributed by atoms with Gasteiger partial charge in [0, 0.05) is 16.6 Å². The molecule has 5 nitrogen and oxygen atoms in total. The van der Waals surface area contributed by atoms with Crippen LogP contribution in [0.1, 0.15) is 29.3 Å². The second-order valence-electron chi connectivity index (χ2n) is 6.07. The molecule has 0 spiro atoms. The van der Waals surface area contributed by atoms with Crippen LogP contribution in [-0.4, -0.2) is 31.5 Å². The first-order valence-corrected chi connectivity index (χ1v) is 9.30. The molecule has 0 fully saturated rings. The zero-order valence-corrected chi connectivity index (χ0v) is 16.1. The molecule has 0 aliphatic carbocycles. The van der Waals surface area contributed by atoms with Crippen LogP contribution in [0.2, 0.25) is 0 Å². The third-order valence-electron chi connectivity index (χ3n) is 4.18. The third-order valence-corrected chi connectivity index (χ3v) is 4.87. The van der Waals surface area contributed by atoms with Crippen LogP contribution in [0.5, 0.6) is 5.75 Å². The number of benzene rings is 2. The van der Waals surface area contributed by atoms with Gasteiger partial charge in [0.15, 0.2) is 6.29 Å². The molecule has 0 aromatic heterocycles. The highest BCUT2D eigenvalue weighted by molar-refractivity contribution is 9.10. The predicted molar refractivity (Wildman–Crippen MR) is 103 cm³/mol. The molecule has 136 valence electrons. The van der Waals surface area contributed by atoms with E-state index >= 15 is 0 Å². The van der Waals surface area contributed by atoms with Gasteiger partial charge in [-0.2, -0.15) is 0 Å². The van der Waals surface area contributed by atoms with Gasteiger partial charge in [-0.05, 0) is 40.5 Å². The molecule has 1 aliphatic heterocycles. The summed E-state index contributed by atoms with van der Waals surface area (Å²) in [6.45, 7) is 3.37. The molecule has 3 rings (SSSR count). The van der Waals surface area contributed by atoms with E-state index in [2.05, 4.69) is 33.0 Å². The molecular formula is C20H20BrNO4. The summed E-state index contributed by atoms with van der Waals surface area (Å²) in [4.78, 5) is 25.3. The highest BCUT2D eigenvalue weighted by Gasteiger charge is 2.29. The van der Waals surface area contributed by atoms with Crippen molar-refractivity contribution >= 4 is 33.9 Å². The summed E-state index contributed by atoms with van der Waals surface area (Å²) >= 11 is 3.44. The zero-order valence-electron chi connectivity index (χ0n) is 14.5. The average molecular weight is 418 g/mol. The maximum absolute atomic E-state index is 11.9. The van der Waals surface area contributed by atoms with Gasteiger partial charge in [0.2, 0.25) is 0 Å². The number of rotatable bonds is 6. The van der Waals surface area contributed by atoms with Crippen LogP contribution in [0.4, 0.5) is 5.69 Å². The van der Waals surface area contributed by atoms with Crippen LogP contribution in [0, 0.1) is 0 Å². The first-order valence-electron chi connectivity index (χ1n) is 8.50. The Balaban J connectivity index is 1.90. The summed E-state index contributed by atoms with van der Waals surface area (Å²) in [7, 11) is 0. The molecule has 6 heteroatoms. The second-order valence-corrected chi connectivity index (χ2v) is 6.93. The van der Waals surface area contributed by atoms with E-state index in [-0.39, 0.29) is 18.5 Å². The second kappa shape index (κ2) is 8.36. The number of aldehydes is 1. The lowest BCUT2D eigenvalue weighted by Crippen LogP contribution is -2.41. The Bertz CT molecular complexity index is 794. The summed E-state index contributed by atoms with van der Waals surface area (Å²) in [6, 6.07) is 13.7. The van der Waals surface area contributed by atoms with Gasteiger partial charge < -0.3 is 14.4 Å². The van der Waals surface area contributed by atoms with Crippen molar-refractivity contribution in [3.8, 4) is 5.75 Å². The highest BCUT2D eigenvalue weighted by Crippen LogP contribution is 2.38. The highest BCUT2D eigenvalue weighted by atomic mass is 79.9. The molecular weight excluding hydrogens is 398 g/mol. The van der Waals surface area contributed by atoms with E-state index in [0.717, 1.165) is 22.0 Å². The molecule has 0 bridgehead atoms. The summed E-state index contributed by atoms with van der Waals surface area (Å²) in [5.41, 5.74) is 2.57. The molecule has 0 amide bonds. The Morgan fingerprint density at radius 1 is 1.35 bits per heavy atom. The minimum Gasteiger partial charge on any atom is -0.486 e. The Hall–Kier alpha value is -2.34. The molecule has 0 radical (unpaired) electrons. The Morgan fingerprint density at radius 3 is 2.81 bits per heavy atom. The molecule has 1 atom stereocenters. The number of ether oxygens (including phenoxy) is 2. The first-order chi connectivity index (χ1) is 12.6. The van der Waals surface area contributed by atoms with Crippen LogP contribution >= 0.6 is 15.9 Å². The third kappa shape index (κ3) is 4.25. The smallest absolute Gasteiger partial charge is 0.309 e. The number of anilines is 1. The van der Waals surface area contributed by atoms with E-state index in [4.69, 9.17) is 9.47 Å². The van der Waals surface area contributed by atoms with Crippen LogP contribution in [0.3, 0.4) is 0 Å². The summed E-state index contributed by atoms with van der Waals surface area (Å²) in [5, 5.41) is 0. The number of fused-ring (bicyclic) bond motifs is 1. The van der Waals surface area contributed by atoms with Gasteiger partial charge >= 0.3 is 5.97 Å². The quantitative estimate of drug-likeness (QED) is 0.525. The number of carbonyl (C=O) groups is 2. The lowest BCUT2D eigenvalue weighted by molar-refractivity contribution is -0.144. The van der Waals surface area contributed by atoms with Gasteiger partial charge in [-0.3, -0.25) is 9.59 Å². The number of halogens is 1. The van der Waals surface area contributed by atoms with Gasteiger partial charge in [0.25, 0.3) is 0 Å². The maximum atomic E-state index is 11.9. The van der Waals surface area contributed by atoms with Crippen molar-refractivity contribution in [2.45, 2.75) is 26.0 Å². The lowest BCUT2D eigenvalue weighted by atomic mass is 10.1. The van der Waals surface area contributed by atoms with Crippen molar-refractivity contribution in [1.29, 1.82) is 0 Å². The van der Waals surface area contributed by atoms with Crippen molar-refractivity contribution in [2.75, 3.05) is 18.1 Å². The van der Waals surface area contributed by atoms with Crippen LogP contribution < -0.4 is 9.64 Å². The normalized spacial score (nSPS) is 15.8. The lowest BCUT2D eigenvalue weighted by Gasteiger charge is -2.36. The van der Waals surface area contributed by atoms with Crippen LogP contribution in [-0.2, 0) is 16.1 Å². The summed E-state index contributed by atoms with van der Waals surface area (Å²) < 4.78 is 11.8. The molecule has 0 N–H and O–H groups in total. The summed E-state index contributed by atoms with van der Waals surface area (Å²) in [6.07, 6.45) is 0.626. The fourth-order valence-corrected chi connectivity index (χ4v) is 3.44. The van der Waals surface area contributed by atoms with E-state index in [1.165, 1.54) is 0 Å². The topological polar surface area (TPSA) is 55.8 Å². The molecule has 2 aromatic carbocycles. The molecule has 0 saturated carbocycles. The first kappa shape index (κ1) is 18.5. The molecule has 1 aliphatic rings. The number of nitrogens with zero attached hydrogens (tertiary/aromatic N) is 1. The molecule has 1 heterocycles. The molecule has 2 aromatic rings. The van der Waals surface area contributed by atoms with Crippen molar-refractivity contribution in [1.82, 2.24) is 0 Å². The fourth-order valence-electron chi connectivity index (χ4n) is 3.02. The van der Waals surface area contributed by atoms with Crippen molar-refractivity contribution in [3.63, 3.8) is 0 Å². The fraction of sp³-hybridized carbons (Fsp3) is 0.300. The van der Waals surface area contributed by atoms with Crippen molar-refractivity contribution in [3.05, 3.63) is 58.1 Å². The van der Waals surface area contributed by atoms with E-state index in [9.17, 15) is 9.59 Å². The minimum atomic E-state index is -0.328. The standard InChI is InChI=1S/C20H20BrNO4/c1-2-25-20(24)9-16-12-22(11-14-6-4-3-5-7-14)18-10-17(21)15(13-23)8-19(18)26-16/h3-8,10,13,16H,2,9,11-12H2,1H3. The largest absolute Gasteiger partial charge is 0.486 e. The van der Waals surface area contributed by atoms with Gasteiger partial charge in [-0.25, -0.2) is 0 Å². The summed E-state index contributed by atoms with van der Waals surface area (Å²) in [5.74, 6) is 0.320. The van der Waals surface area contributed by atoms with E-state index in [1.807, 2.05) is 24.3 Å². The van der Waals surface area contributed by atoms with Crippen molar-refractivity contribution < 1.29 is 19.1 Å². The van der Waals surface area contributed by atoms with Gasteiger partial charge in [0.05, 0.1) is 25.3 Å². The minimum absolute atomic E-state index is 0.172. The SMILES string of the molecule is CCOC(=O)CC1CN(Cc2ccccc2)c2cc(Br)c(C=O)cc2O1. The Kier molecular flexibility index (Phi) is 5.93. The molecule has 26 heavy (non-hydrogen) atoms. The molecule has 0 saturated heterocycles. The molecule has 1 unspecified atom stereocenters. The van der Waals surface area contributed by atoms with E-state index < -0.39 is 0 Å². The predicted octanol–water partition coefficient (Wildman–Crippen LogP) is 3.98. The monoisotopic (exact) mass is 417 g/mol. The van der Waals surface area contributed by atoms with Gasteiger partial charge in [0.1, 0.15) is 11.9 Å². The van der Waals surface area contributed by atoms with E-state index in [0.29, 0.717) is 31.0 Å². The van der Waals surface area contributed by atoms with Gasteiger partial charge in [-0.1, -0.05) is 30.3 Å². The van der Waals surface area contributed by atoms with Crippen molar-refractivity contribution in [2.24, 2.45) is 0 Å².